The molecule has 1 amide bonds. The number of benzene rings is 1. The molecule has 1 aromatic carbocycles. The zero-order valence-corrected chi connectivity index (χ0v) is 13.3. The minimum absolute atomic E-state index is 0. The number of amides is 1. The summed E-state index contributed by atoms with van der Waals surface area (Å²) in [6, 6.07) is 6.04. The highest BCUT2D eigenvalue weighted by Crippen LogP contribution is 2.08. The number of carbonyl (C=O) groups excluding carboxylic acids is 1. The molecule has 0 aliphatic carbocycles. The normalized spacial score (nSPS) is 10.8. The van der Waals surface area contributed by atoms with Crippen molar-refractivity contribution in [2.75, 3.05) is 26.8 Å². The molecule has 1 rings (SSSR count). The lowest BCUT2D eigenvalue weighted by Gasteiger charge is -2.07. The predicted octanol–water partition coefficient (Wildman–Crippen LogP) is -0.392. The monoisotopic (exact) mass is 337 g/mol. The first-order valence-corrected chi connectivity index (χ1v) is 7.56. The van der Waals surface area contributed by atoms with Crippen LogP contribution in [0.15, 0.2) is 29.2 Å². The summed E-state index contributed by atoms with van der Waals surface area (Å²) in [6.07, 6.45) is 0. The number of nitrogens with two attached hydrogens (primary N) is 1. The van der Waals surface area contributed by atoms with Gasteiger partial charge in [0.1, 0.15) is 0 Å². The van der Waals surface area contributed by atoms with Crippen LogP contribution in [0.4, 0.5) is 0 Å². The molecule has 0 aromatic heterocycles. The summed E-state index contributed by atoms with van der Waals surface area (Å²) < 4.78 is 27.0. The lowest BCUT2D eigenvalue weighted by molar-refractivity contribution is -0.120. The summed E-state index contributed by atoms with van der Waals surface area (Å²) in [5.74, 6) is -0.142. The number of carbonyl (C=O) groups is 1. The van der Waals surface area contributed by atoms with E-state index in [1.165, 1.54) is 12.1 Å². The molecule has 9 heteroatoms. The maximum atomic E-state index is 11.5. The van der Waals surface area contributed by atoms with Gasteiger partial charge < -0.3 is 15.4 Å². The quantitative estimate of drug-likeness (QED) is 0.559. The summed E-state index contributed by atoms with van der Waals surface area (Å²) in [4.78, 5) is 11.5. The van der Waals surface area contributed by atoms with E-state index in [1.54, 1.807) is 19.2 Å². The van der Waals surface area contributed by atoms with E-state index < -0.39 is 10.0 Å². The molecule has 0 aliphatic rings. The summed E-state index contributed by atoms with van der Waals surface area (Å²) in [6.45, 7) is 1.68. The van der Waals surface area contributed by atoms with Crippen LogP contribution < -0.4 is 15.8 Å². The Labute approximate surface area is 130 Å². The van der Waals surface area contributed by atoms with E-state index in [4.69, 9.17) is 9.88 Å². The Balaban J connectivity index is 0.00000400. The smallest absolute Gasteiger partial charge is 0.238 e. The number of sulfonamides is 1. The van der Waals surface area contributed by atoms with Crippen molar-refractivity contribution in [3.8, 4) is 0 Å². The molecule has 0 saturated heterocycles. The average Bonchev–Trinajstić information content (AvgIpc) is 2.41. The minimum Gasteiger partial charge on any atom is -0.383 e. The molecule has 0 heterocycles. The third-order valence-electron chi connectivity index (χ3n) is 2.51. The van der Waals surface area contributed by atoms with Gasteiger partial charge in [-0.1, -0.05) is 12.1 Å². The van der Waals surface area contributed by atoms with Gasteiger partial charge in [0.15, 0.2) is 0 Å². The zero-order chi connectivity index (χ0) is 15.0. The largest absolute Gasteiger partial charge is 0.383 e. The molecule has 1 aromatic rings. The SMILES string of the molecule is COCCNCC(=O)NCc1ccc(S(N)(=O)=O)cc1.Cl. The number of nitrogens with one attached hydrogen (secondary N) is 2. The molecule has 0 saturated carbocycles. The predicted molar refractivity (Wildman–Crippen MR) is 81.7 cm³/mol. The van der Waals surface area contributed by atoms with Gasteiger partial charge in [0, 0.05) is 20.2 Å². The standard InChI is InChI=1S/C12H19N3O4S.ClH/c1-19-7-6-14-9-12(16)15-8-10-2-4-11(5-3-10)20(13,17)18;/h2-5,14H,6-9H2,1H3,(H,15,16)(H2,13,17,18);1H. The van der Waals surface area contributed by atoms with Crippen molar-refractivity contribution in [2.24, 2.45) is 5.14 Å². The van der Waals surface area contributed by atoms with Gasteiger partial charge in [-0.2, -0.15) is 0 Å². The summed E-state index contributed by atoms with van der Waals surface area (Å²) >= 11 is 0. The molecular weight excluding hydrogens is 318 g/mol. The number of hydrogen-bond acceptors (Lipinski definition) is 5. The summed E-state index contributed by atoms with van der Waals surface area (Å²) in [5, 5.41) is 10.6. The first-order chi connectivity index (χ1) is 9.43. The number of hydrogen-bond donors (Lipinski definition) is 3. The van der Waals surface area contributed by atoms with Crippen molar-refractivity contribution < 1.29 is 17.9 Å². The molecule has 0 fully saturated rings. The molecule has 21 heavy (non-hydrogen) atoms. The van der Waals surface area contributed by atoms with Crippen LogP contribution in [0, 0.1) is 0 Å². The molecule has 4 N–H and O–H groups in total. The molecule has 120 valence electrons. The van der Waals surface area contributed by atoms with Crippen molar-refractivity contribution in [3.05, 3.63) is 29.8 Å². The van der Waals surface area contributed by atoms with E-state index in [0.717, 1.165) is 5.56 Å². The van der Waals surface area contributed by atoms with Crippen LogP contribution >= 0.6 is 12.4 Å². The fourth-order valence-electron chi connectivity index (χ4n) is 1.44. The third-order valence-corrected chi connectivity index (χ3v) is 3.44. The van der Waals surface area contributed by atoms with Crippen LogP contribution in [-0.4, -0.2) is 41.1 Å². The number of primary sulfonamides is 1. The number of methoxy groups -OCH3 is 1. The Hall–Kier alpha value is -1.19. The molecule has 0 atom stereocenters. The van der Waals surface area contributed by atoms with Crippen molar-refractivity contribution in [2.45, 2.75) is 11.4 Å². The molecule has 0 spiro atoms. The van der Waals surface area contributed by atoms with E-state index >= 15 is 0 Å². The van der Waals surface area contributed by atoms with Crippen LogP contribution in [0.3, 0.4) is 0 Å². The lowest BCUT2D eigenvalue weighted by atomic mass is 10.2. The minimum atomic E-state index is -3.68. The van der Waals surface area contributed by atoms with Crippen LogP contribution in [0.5, 0.6) is 0 Å². The fourth-order valence-corrected chi connectivity index (χ4v) is 1.95. The third kappa shape index (κ3) is 7.98. The second-order valence-corrected chi connectivity index (χ2v) is 5.70. The van der Waals surface area contributed by atoms with Crippen LogP contribution in [0.2, 0.25) is 0 Å². The zero-order valence-electron chi connectivity index (χ0n) is 11.7. The van der Waals surface area contributed by atoms with Gasteiger partial charge in [0.05, 0.1) is 18.0 Å². The highest BCUT2D eigenvalue weighted by molar-refractivity contribution is 7.89. The van der Waals surface area contributed by atoms with E-state index in [1.807, 2.05) is 0 Å². The Kier molecular flexibility index (Phi) is 9.14. The van der Waals surface area contributed by atoms with E-state index in [0.29, 0.717) is 19.7 Å². The van der Waals surface area contributed by atoms with E-state index in [9.17, 15) is 13.2 Å². The van der Waals surface area contributed by atoms with Gasteiger partial charge in [-0.3, -0.25) is 4.79 Å². The first kappa shape index (κ1) is 19.8. The summed E-state index contributed by atoms with van der Waals surface area (Å²) in [7, 11) is -2.09. The van der Waals surface area contributed by atoms with Gasteiger partial charge in [-0.25, -0.2) is 13.6 Å². The van der Waals surface area contributed by atoms with Crippen molar-refractivity contribution in [3.63, 3.8) is 0 Å². The highest BCUT2D eigenvalue weighted by Gasteiger charge is 2.07. The maximum absolute atomic E-state index is 11.5. The number of halogens is 1. The van der Waals surface area contributed by atoms with Crippen molar-refractivity contribution >= 4 is 28.3 Å². The molecule has 0 unspecified atom stereocenters. The van der Waals surface area contributed by atoms with Gasteiger partial charge in [-0.15, -0.1) is 12.4 Å². The second kappa shape index (κ2) is 9.69. The Morgan fingerprint density at radius 3 is 2.43 bits per heavy atom. The van der Waals surface area contributed by atoms with Gasteiger partial charge >= 0.3 is 0 Å². The maximum Gasteiger partial charge on any atom is 0.238 e. The fraction of sp³-hybridized carbons (Fsp3) is 0.417. The molecule has 0 aliphatic heterocycles. The summed E-state index contributed by atoms with van der Waals surface area (Å²) in [5.41, 5.74) is 0.794. The van der Waals surface area contributed by atoms with Gasteiger partial charge in [-0.05, 0) is 17.7 Å². The Bertz CT molecular complexity index is 534. The van der Waals surface area contributed by atoms with Crippen molar-refractivity contribution in [1.29, 1.82) is 0 Å². The topological polar surface area (TPSA) is 111 Å². The van der Waals surface area contributed by atoms with Crippen LogP contribution in [0.1, 0.15) is 5.56 Å². The average molecular weight is 338 g/mol. The van der Waals surface area contributed by atoms with E-state index in [2.05, 4.69) is 10.6 Å². The first-order valence-electron chi connectivity index (χ1n) is 6.01. The number of rotatable bonds is 8. The van der Waals surface area contributed by atoms with Crippen LogP contribution in [0.25, 0.3) is 0 Å². The molecule has 0 bridgehead atoms. The number of ether oxygens (including phenoxy) is 1. The lowest BCUT2D eigenvalue weighted by Crippen LogP contribution is -2.34. The van der Waals surface area contributed by atoms with Gasteiger partial charge in [0.25, 0.3) is 0 Å². The Morgan fingerprint density at radius 1 is 1.29 bits per heavy atom. The molecule has 0 radical (unpaired) electrons. The Morgan fingerprint density at radius 2 is 1.90 bits per heavy atom. The highest BCUT2D eigenvalue weighted by atomic mass is 35.5. The molecular formula is C12H20ClN3O4S. The van der Waals surface area contributed by atoms with E-state index in [-0.39, 0.29) is 29.8 Å². The van der Waals surface area contributed by atoms with Gasteiger partial charge in [0.2, 0.25) is 15.9 Å². The molecule has 7 nitrogen and oxygen atoms in total. The second-order valence-electron chi connectivity index (χ2n) is 4.14. The van der Waals surface area contributed by atoms with Crippen molar-refractivity contribution in [1.82, 2.24) is 10.6 Å². The van der Waals surface area contributed by atoms with Crippen LogP contribution in [-0.2, 0) is 26.1 Å².